The Bertz CT molecular complexity index is 738. The molecule has 0 radical (unpaired) electrons. The Morgan fingerprint density at radius 1 is 1.24 bits per heavy atom. The molecule has 0 aliphatic carbocycles. The average Bonchev–Trinajstić information content (AvgIpc) is 2.63. The summed E-state index contributed by atoms with van der Waals surface area (Å²) < 4.78 is 37.6. The molecule has 5 nitrogen and oxygen atoms in total. The van der Waals surface area contributed by atoms with Crippen LogP contribution in [0.3, 0.4) is 0 Å². The Balaban J connectivity index is 2.14. The van der Waals surface area contributed by atoms with Gasteiger partial charge < -0.3 is 20.5 Å². The van der Waals surface area contributed by atoms with Crippen molar-refractivity contribution in [2.75, 3.05) is 20.3 Å². The molecule has 0 spiro atoms. The van der Waals surface area contributed by atoms with Gasteiger partial charge in [-0.15, -0.1) is 0 Å². The summed E-state index contributed by atoms with van der Waals surface area (Å²) in [5, 5.41) is 2.56. The zero-order valence-electron chi connectivity index (χ0n) is 13.9. The summed E-state index contributed by atoms with van der Waals surface area (Å²) in [5.74, 6) is -1.57. The summed E-state index contributed by atoms with van der Waals surface area (Å²) in [7, 11) is 1.48. The van der Waals surface area contributed by atoms with Gasteiger partial charge in [0.2, 0.25) is 0 Å². The van der Waals surface area contributed by atoms with Crippen molar-refractivity contribution in [2.24, 2.45) is 5.73 Å². The zero-order chi connectivity index (χ0) is 18.2. The molecule has 2 aromatic rings. The molecule has 0 aliphatic rings. The smallest absolute Gasteiger partial charge is 0.255 e. The molecule has 0 heterocycles. The monoisotopic (exact) mass is 350 g/mol. The Morgan fingerprint density at radius 3 is 2.76 bits per heavy atom. The number of carbonyl (C=O) groups is 1. The lowest BCUT2D eigenvalue weighted by molar-refractivity contribution is 0.0946. The number of carbonyl (C=O) groups excluding carboxylic acids is 1. The molecular formula is C18H20F2N2O3. The normalized spacial score (nSPS) is 10.4. The van der Waals surface area contributed by atoms with Gasteiger partial charge in [-0.3, -0.25) is 4.79 Å². The van der Waals surface area contributed by atoms with Crippen molar-refractivity contribution in [2.45, 2.75) is 13.0 Å². The second-order valence-corrected chi connectivity index (χ2v) is 5.25. The first-order valence-electron chi connectivity index (χ1n) is 7.78. The van der Waals surface area contributed by atoms with Crippen molar-refractivity contribution in [1.82, 2.24) is 5.32 Å². The number of methoxy groups -OCH3 is 1. The molecule has 0 saturated carbocycles. The molecule has 0 aromatic heterocycles. The molecule has 25 heavy (non-hydrogen) atoms. The van der Waals surface area contributed by atoms with Crippen LogP contribution in [0.15, 0.2) is 36.4 Å². The van der Waals surface area contributed by atoms with E-state index in [1.165, 1.54) is 25.3 Å². The maximum Gasteiger partial charge on any atom is 0.255 e. The minimum Gasteiger partial charge on any atom is -0.497 e. The van der Waals surface area contributed by atoms with Gasteiger partial charge in [-0.1, -0.05) is 12.1 Å². The van der Waals surface area contributed by atoms with E-state index in [2.05, 4.69) is 5.32 Å². The van der Waals surface area contributed by atoms with Crippen molar-refractivity contribution in [3.63, 3.8) is 0 Å². The van der Waals surface area contributed by atoms with Gasteiger partial charge in [-0.05, 0) is 37.2 Å². The predicted molar refractivity (Wildman–Crippen MR) is 89.7 cm³/mol. The summed E-state index contributed by atoms with van der Waals surface area (Å²) in [4.78, 5) is 12.4. The maximum atomic E-state index is 13.7. The van der Waals surface area contributed by atoms with E-state index in [1.807, 2.05) is 0 Å². The van der Waals surface area contributed by atoms with E-state index in [-0.39, 0.29) is 17.7 Å². The quantitative estimate of drug-likeness (QED) is 0.718. The maximum absolute atomic E-state index is 13.7. The van der Waals surface area contributed by atoms with Crippen LogP contribution in [0.2, 0.25) is 0 Å². The SMILES string of the molecule is COc1ccc(OCCCN)c(C(=O)NCc2cccc(F)c2F)c1. The number of halogens is 2. The van der Waals surface area contributed by atoms with Crippen LogP contribution in [0, 0.1) is 11.6 Å². The number of nitrogens with one attached hydrogen (secondary N) is 1. The lowest BCUT2D eigenvalue weighted by atomic mass is 10.1. The van der Waals surface area contributed by atoms with Crippen LogP contribution in [0.25, 0.3) is 0 Å². The molecular weight excluding hydrogens is 330 g/mol. The van der Waals surface area contributed by atoms with Crippen molar-refractivity contribution in [3.8, 4) is 11.5 Å². The summed E-state index contributed by atoms with van der Waals surface area (Å²) in [6, 6.07) is 8.62. The third kappa shape index (κ3) is 4.90. The van der Waals surface area contributed by atoms with Crippen molar-refractivity contribution < 1.29 is 23.0 Å². The molecule has 2 rings (SSSR count). The van der Waals surface area contributed by atoms with E-state index < -0.39 is 17.5 Å². The number of hydrogen-bond donors (Lipinski definition) is 2. The molecule has 134 valence electrons. The van der Waals surface area contributed by atoms with Crippen LogP contribution >= 0.6 is 0 Å². The van der Waals surface area contributed by atoms with Crippen LogP contribution in [0.1, 0.15) is 22.3 Å². The Labute approximate surface area is 144 Å². The highest BCUT2D eigenvalue weighted by molar-refractivity contribution is 5.97. The van der Waals surface area contributed by atoms with Gasteiger partial charge in [0.15, 0.2) is 11.6 Å². The predicted octanol–water partition coefficient (Wildman–Crippen LogP) is 2.63. The first-order chi connectivity index (χ1) is 12.1. The van der Waals surface area contributed by atoms with Crippen LogP contribution in [0.4, 0.5) is 8.78 Å². The molecule has 7 heteroatoms. The van der Waals surface area contributed by atoms with Gasteiger partial charge in [-0.25, -0.2) is 8.78 Å². The van der Waals surface area contributed by atoms with Crippen LogP contribution in [-0.2, 0) is 6.54 Å². The molecule has 0 fully saturated rings. The summed E-state index contributed by atoms with van der Waals surface area (Å²) >= 11 is 0. The molecule has 0 bridgehead atoms. The highest BCUT2D eigenvalue weighted by atomic mass is 19.2. The molecule has 1 amide bonds. The minimum absolute atomic E-state index is 0.0573. The molecule has 2 aromatic carbocycles. The largest absolute Gasteiger partial charge is 0.497 e. The number of benzene rings is 2. The van der Waals surface area contributed by atoms with E-state index >= 15 is 0 Å². The third-order valence-corrected chi connectivity index (χ3v) is 3.51. The van der Waals surface area contributed by atoms with Crippen molar-refractivity contribution in [1.29, 1.82) is 0 Å². The first kappa shape index (κ1) is 18.7. The highest BCUT2D eigenvalue weighted by Gasteiger charge is 2.15. The first-order valence-corrected chi connectivity index (χ1v) is 7.78. The van der Waals surface area contributed by atoms with Gasteiger partial charge in [-0.2, -0.15) is 0 Å². The topological polar surface area (TPSA) is 73.6 Å². The van der Waals surface area contributed by atoms with Crippen LogP contribution < -0.4 is 20.5 Å². The van der Waals surface area contributed by atoms with Gasteiger partial charge in [0.05, 0.1) is 19.3 Å². The Morgan fingerprint density at radius 2 is 2.04 bits per heavy atom. The molecule has 0 atom stereocenters. The fourth-order valence-electron chi connectivity index (χ4n) is 2.16. The number of rotatable bonds is 8. The third-order valence-electron chi connectivity index (χ3n) is 3.51. The van der Waals surface area contributed by atoms with E-state index in [4.69, 9.17) is 15.2 Å². The molecule has 0 saturated heterocycles. The summed E-state index contributed by atoms with van der Waals surface area (Å²) in [5.41, 5.74) is 5.73. The van der Waals surface area contributed by atoms with Crippen LogP contribution in [-0.4, -0.2) is 26.2 Å². The van der Waals surface area contributed by atoms with Crippen molar-refractivity contribution >= 4 is 5.91 Å². The summed E-state index contributed by atoms with van der Waals surface area (Å²) in [6.07, 6.45) is 0.640. The number of ether oxygens (including phenoxy) is 2. The fourth-order valence-corrected chi connectivity index (χ4v) is 2.16. The number of hydrogen-bond acceptors (Lipinski definition) is 4. The Kier molecular flexibility index (Phi) is 6.71. The van der Waals surface area contributed by atoms with Gasteiger partial charge >= 0.3 is 0 Å². The lowest BCUT2D eigenvalue weighted by Gasteiger charge is -2.13. The van der Waals surface area contributed by atoms with E-state index in [0.717, 1.165) is 6.07 Å². The Hall–Kier alpha value is -2.67. The van der Waals surface area contributed by atoms with E-state index in [1.54, 1.807) is 12.1 Å². The molecule has 3 N–H and O–H groups in total. The molecule has 0 unspecified atom stereocenters. The number of amides is 1. The minimum atomic E-state index is -0.979. The standard InChI is InChI=1S/C18H20F2N2O3/c1-24-13-6-7-16(25-9-3-8-21)14(10-13)18(23)22-11-12-4-2-5-15(19)17(12)20/h2,4-7,10H,3,8-9,11,21H2,1H3,(H,22,23). The van der Waals surface area contributed by atoms with E-state index in [0.29, 0.717) is 31.1 Å². The summed E-state index contributed by atoms with van der Waals surface area (Å²) in [6.45, 7) is 0.681. The van der Waals surface area contributed by atoms with E-state index in [9.17, 15) is 13.6 Å². The van der Waals surface area contributed by atoms with Crippen molar-refractivity contribution in [3.05, 3.63) is 59.2 Å². The lowest BCUT2D eigenvalue weighted by Crippen LogP contribution is -2.24. The van der Waals surface area contributed by atoms with Gasteiger partial charge in [0.25, 0.3) is 5.91 Å². The van der Waals surface area contributed by atoms with Gasteiger partial charge in [0.1, 0.15) is 11.5 Å². The zero-order valence-corrected chi connectivity index (χ0v) is 13.9. The second-order valence-electron chi connectivity index (χ2n) is 5.25. The highest BCUT2D eigenvalue weighted by Crippen LogP contribution is 2.24. The second kappa shape index (κ2) is 8.98. The molecule has 0 aliphatic heterocycles. The average molecular weight is 350 g/mol. The number of nitrogens with two attached hydrogens (primary N) is 1. The van der Waals surface area contributed by atoms with Crippen LogP contribution in [0.5, 0.6) is 11.5 Å². The fraction of sp³-hybridized carbons (Fsp3) is 0.278. The van der Waals surface area contributed by atoms with Gasteiger partial charge in [0, 0.05) is 12.1 Å².